The Morgan fingerprint density at radius 2 is 1.73 bits per heavy atom. The van der Waals surface area contributed by atoms with Gasteiger partial charge in [0.2, 0.25) is 0 Å². The zero-order valence-corrected chi connectivity index (χ0v) is 12.5. The van der Waals surface area contributed by atoms with Gasteiger partial charge in [-0.1, -0.05) is 0 Å². The molecule has 1 N–H and O–H groups in total. The number of Topliss-reactive ketones (excluding diaryl/α,β-unsaturated/α-hetero) is 1. The molecule has 0 unspecified atom stereocenters. The molecule has 1 heterocycles. The highest BCUT2D eigenvalue weighted by Crippen LogP contribution is 2.23. The number of pyridine rings is 1. The first-order valence-corrected chi connectivity index (χ1v) is 6.55. The van der Waals surface area contributed by atoms with Crippen LogP contribution in [0, 0.1) is 0 Å². The number of ketones is 1. The van der Waals surface area contributed by atoms with Crippen LogP contribution in [0.3, 0.4) is 0 Å². The highest BCUT2D eigenvalue weighted by molar-refractivity contribution is 6.08. The van der Waals surface area contributed by atoms with Gasteiger partial charge in [0.1, 0.15) is 17.2 Å². The lowest BCUT2D eigenvalue weighted by Gasteiger charge is -2.11. The molecule has 0 aliphatic heterocycles. The fraction of sp³-hybridized carbons (Fsp3) is 0.188. The van der Waals surface area contributed by atoms with Crippen molar-refractivity contribution in [2.75, 3.05) is 19.5 Å². The van der Waals surface area contributed by atoms with Crippen molar-refractivity contribution >= 4 is 17.4 Å². The van der Waals surface area contributed by atoms with Gasteiger partial charge in [-0.3, -0.25) is 9.59 Å². The summed E-state index contributed by atoms with van der Waals surface area (Å²) in [5.41, 5.74) is 1.01. The van der Waals surface area contributed by atoms with Crippen molar-refractivity contribution in [3.05, 3.63) is 47.8 Å². The maximum atomic E-state index is 12.2. The molecule has 1 aromatic heterocycles. The van der Waals surface area contributed by atoms with Gasteiger partial charge in [-0.25, -0.2) is 4.98 Å². The van der Waals surface area contributed by atoms with Gasteiger partial charge in [0.15, 0.2) is 5.78 Å². The molecule has 0 aliphatic rings. The summed E-state index contributed by atoms with van der Waals surface area (Å²) >= 11 is 0. The third kappa shape index (κ3) is 3.41. The molecule has 6 heteroatoms. The van der Waals surface area contributed by atoms with Gasteiger partial charge in [0, 0.05) is 11.6 Å². The molecule has 1 amide bonds. The van der Waals surface area contributed by atoms with Gasteiger partial charge in [-0.05, 0) is 31.2 Å². The Hall–Kier alpha value is -2.89. The van der Waals surface area contributed by atoms with Crippen LogP contribution in [-0.4, -0.2) is 30.9 Å². The second-order valence-corrected chi connectivity index (χ2v) is 4.51. The van der Waals surface area contributed by atoms with Crippen molar-refractivity contribution in [1.29, 1.82) is 0 Å². The summed E-state index contributed by atoms with van der Waals surface area (Å²) in [7, 11) is 3.03. The molecule has 0 bridgehead atoms. The summed E-state index contributed by atoms with van der Waals surface area (Å²) in [6.07, 6.45) is 1.45. The number of carbonyl (C=O) groups excluding carboxylic acids is 2. The molecule has 0 saturated heterocycles. The number of nitrogens with zero attached hydrogens (tertiary/aromatic N) is 1. The molecule has 6 nitrogen and oxygen atoms in total. The second-order valence-electron chi connectivity index (χ2n) is 4.51. The molecule has 22 heavy (non-hydrogen) atoms. The Balaban J connectivity index is 2.28. The average molecular weight is 300 g/mol. The minimum atomic E-state index is -0.418. The normalized spacial score (nSPS) is 9.95. The number of anilines is 1. The van der Waals surface area contributed by atoms with Crippen molar-refractivity contribution in [1.82, 2.24) is 4.98 Å². The molecule has 0 atom stereocenters. The standard InChI is InChI=1S/C16H16N2O4/c1-10(19)13-6-4-11(21-2)8-15(13)18-16(20)14-7-5-12(22-3)9-17-14/h4-9H,1-3H3,(H,18,20). The fourth-order valence-electron chi connectivity index (χ4n) is 1.88. The molecule has 114 valence electrons. The van der Waals surface area contributed by atoms with E-state index in [0.717, 1.165) is 0 Å². The number of amides is 1. The van der Waals surface area contributed by atoms with E-state index < -0.39 is 5.91 Å². The van der Waals surface area contributed by atoms with E-state index in [4.69, 9.17) is 9.47 Å². The van der Waals surface area contributed by atoms with Gasteiger partial charge < -0.3 is 14.8 Å². The molecule has 1 aromatic carbocycles. The summed E-state index contributed by atoms with van der Waals surface area (Å²) in [6, 6.07) is 8.05. The van der Waals surface area contributed by atoms with Crippen LogP contribution in [0.5, 0.6) is 11.5 Å². The predicted octanol–water partition coefficient (Wildman–Crippen LogP) is 2.55. The van der Waals surface area contributed by atoms with E-state index in [1.165, 1.54) is 27.3 Å². The van der Waals surface area contributed by atoms with Gasteiger partial charge in [-0.2, -0.15) is 0 Å². The van der Waals surface area contributed by atoms with Crippen molar-refractivity contribution in [2.45, 2.75) is 6.92 Å². The van der Waals surface area contributed by atoms with E-state index in [1.807, 2.05) is 0 Å². The molecular weight excluding hydrogens is 284 g/mol. The number of aromatic nitrogens is 1. The third-order valence-corrected chi connectivity index (χ3v) is 3.06. The van der Waals surface area contributed by atoms with Crippen molar-refractivity contribution in [3.63, 3.8) is 0 Å². The van der Waals surface area contributed by atoms with E-state index in [-0.39, 0.29) is 11.5 Å². The van der Waals surface area contributed by atoms with Crippen LogP contribution in [0.4, 0.5) is 5.69 Å². The van der Waals surface area contributed by atoms with E-state index in [0.29, 0.717) is 22.7 Å². The van der Waals surface area contributed by atoms with E-state index in [9.17, 15) is 9.59 Å². The number of ether oxygens (including phenoxy) is 2. The lowest BCUT2D eigenvalue weighted by Crippen LogP contribution is -2.15. The molecule has 0 radical (unpaired) electrons. The Labute approximate surface area is 128 Å². The Morgan fingerprint density at radius 1 is 1.05 bits per heavy atom. The number of methoxy groups -OCH3 is 2. The summed E-state index contributed by atoms with van der Waals surface area (Å²) < 4.78 is 10.1. The van der Waals surface area contributed by atoms with Crippen LogP contribution < -0.4 is 14.8 Å². The average Bonchev–Trinajstić information content (AvgIpc) is 2.54. The third-order valence-electron chi connectivity index (χ3n) is 3.06. The summed E-state index contributed by atoms with van der Waals surface area (Å²) in [6.45, 7) is 1.43. The summed E-state index contributed by atoms with van der Waals surface area (Å²) in [5.74, 6) is 0.532. The minimum Gasteiger partial charge on any atom is -0.497 e. The molecule has 2 rings (SSSR count). The van der Waals surface area contributed by atoms with Crippen LogP contribution in [-0.2, 0) is 0 Å². The van der Waals surface area contributed by atoms with E-state index in [1.54, 1.807) is 30.3 Å². The zero-order valence-electron chi connectivity index (χ0n) is 12.5. The Kier molecular flexibility index (Phi) is 4.73. The monoisotopic (exact) mass is 300 g/mol. The largest absolute Gasteiger partial charge is 0.497 e. The first-order valence-electron chi connectivity index (χ1n) is 6.55. The summed E-state index contributed by atoms with van der Waals surface area (Å²) in [4.78, 5) is 27.9. The topological polar surface area (TPSA) is 77.5 Å². The number of hydrogen-bond acceptors (Lipinski definition) is 5. The lowest BCUT2D eigenvalue weighted by molar-refractivity contribution is 0.101. The fourth-order valence-corrected chi connectivity index (χ4v) is 1.88. The predicted molar refractivity (Wildman–Crippen MR) is 81.7 cm³/mol. The Morgan fingerprint density at radius 3 is 2.27 bits per heavy atom. The first kappa shape index (κ1) is 15.5. The quantitative estimate of drug-likeness (QED) is 0.859. The number of rotatable bonds is 5. The van der Waals surface area contributed by atoms with Gasteiger partial charge >= 0.3 is 0 Å². The molecular formula is C16H16N2O4. The molecule has 2 aromatic rings. The van der Waals surface area contributed by atoms with Crippen LogP contribution in [0.25, 0.3) is 0 Å². The van der Waals surface area contributed by atoms with E-state index in [2.05, 4.69) is 10.3 Å². The maximum absolute atomic E-state index is 12.2. The summed E-state index contributed by atoms with van der Waals surface area (Å²) in [5, 5.41) is 2.68. The number of nitrogens with one attached hydrogen (secondary N) is 1. The second kappa shape index (κ2) is 6.71. The Bertz CT molecular complexity index is 696. The first-order chi connectivity index (χ1) is 10.5. The molecule has 0 aliphatic carbocycles. The SMILES string of the molecule is COc1ccc(C(=O)Nc2cc(OC)ccc2C(C)=O)nc1. The van der Waals surface area contributed by atoms with Gasteiger partial charge in [-0.15, -0.1) is 0 Å². The highest BCUT2D eigenvalue weighted by atomic mass is 16.5. The molecule has 0 spiro atoms. The minimum absolute atomic E-state index is 0.152. The molecule has 0 saturated carbocycles. The number of hydrogen-bond donors (Lipinski definition) is 1. The number of benzene rings is 1. The molecule has 0 fully saturated rings. The van der Waals surface area contributed by atoms with E-state index >= 15 is 0 Å². The van der Waals surface area contributed by atoms with Crippen LogP contribution in [0.2, 0.25) is 0 Å². The number of carbonyl (C=O) groups is 2. The highest BCUT2D eigenvalue weighted by Gasteiger charge is 2.14. The van der Waals surface area contributed by atoms with Crippen LogP contribution in [0.15, 0.2) is 36.5 Å². The maximum Gasteiger partial charge on any atom is 0.274 e. The van der Waals surface area contributed by atoms with Gasteiger partial charge in [0.25, 0.3) is 5.91 Å². The van der Waals surface area contributed by atoms with Crippen molar-refractivity contribution in [3.8, 4) is 11.5 Å². The lowest BCUT2D eigenvalue weighted by atomic mass is 10.1. The van der Waals surface area contributed by atoms with Crippen LogP contribution in [0.1, 0.15) is 27.8 Å². The van der Waals surface area contributed by atoms with Gasteiger partial charge in [0.05, 0.1) is 26.1 Å². The zero-order chi connectivity index (χ0) is 16.1. The van der Waals surface area contributed by atoms with Crippen molar-refractivity contribution in [2.24, 2.45) is 0 Å². The van der Waals surface area contributed by atoms with Crippen LogP contribution >= 0.6 is 0 Å². The smallest absolute Gasteiger partial charge is 0.274 e. The van der Waals surface area contributed by atoms with Crippen molar-refractivity contribution < 1.29 is 19.1 Å².